The number of hydrogen-bond donors (Lipinski definition) is 1. The van der Waals surface area contributed by atoms with Gasteiger partial charge in [0, 0.05) is 21.7 Å². The van der Waals surface area contributed by atoms with E-state index in [9.17, 15) is 4.79 Å². The summed E-state index contributed by atoms with van der Waals surface area (Å²) < 4.78 is 0. The Labute approximate surface area is 119 Å². The molecule has 0 fully saturated rings. The van der Waals surface area contributed by atoms with Gasteiger partial charge in [-0.3, -0.25) is 0 Å². The molecule has 0 aromatic heterocycles. The van der Waals surface area contributed by atoms with E-state index in [0.717, 1.165) is 22.3 Å². The summed E-state index contributed by atoms with van der Waals surface area (Å²) in [7, 11) is 0. The summed E-state index contributed by atoms with van der Waals surface area (Å²) >= 11 is 12.2. The summed E-state index contributed by atoms with van der Waals surface area (Å²) in [6, 6.07) is 10.9. The molecule has 0 radical (unpaired) electrons. The van der Waals surface area contributed by atoms with Gasteiger partial charge in [-0.15, -0.1) is 0 Å². The quantitative estimate of drug-likeness (QED) is 0.671. The second kappa shape index (κ2) is 4.41. The zero-order valence-electron chi connectivity index (χ0n) is 9.65. The minimum absolute atomic E-state index is 0.568. The van der Waals surface area contributed by atoms with Gasteiger partial charge in [-0.2, -0.15) is 0 Å². The Bertz CT molecular complexity index is 733. The molecule has 1 N–H and O–H groups in total. The maximum absolute atomic E-state index is 11.0. The van der Waals surface area contributed by atoms with Crippen molar-refractivity contribution in [3.05, 3.63) is 63.6 Å². The molecule has 0 unspecified atom stereocenters. The van der Waals surface area contributed by atoms with Crippen molar-refractivity contribution in [2.24, 2.45) is 0 Å². The van der Waals surface area contributed by atoms with Crippen LogP contribution in [0.15, 0.2) is 42.5 Å². The van der Waals surface area contributed by atoms with Crippen LogP contribution >= 0.6 is 23.2 Å². The van der Waals surface area contributed by atoms with Crippen LogP contribution in [0.2, 0.25) is 10.0 Å². The average molecular weight is 291 g/mol. The van der Waals surface area contributed by atoms with Crippen LogP contribution in [-0.4, -0.2) is 11.1 Å². The van der Waals surface area contributed by atoms with Crippen molar-refractivity contribution in [2.45, 2.75) is 0 Å². The Hall–Kier alpha value is -1.77. The first kappa shape index (κ1) is 12.3. The van der Waals surface area contributed by atoms with Gasteiger partial charge >= 0.3 is 5.97 Å². The van der Waals surface area contributed by atoms with Gasteiger partial charge < -0.3 is 5.11 Å². The summed E-state index contributed by atoms with van der Waals surface area (Å²) in [6.45, 7) is 0. The number of hydrogen-bond acceptors (Lipinski definition) is 1. The smallest absolute Gasteiger partial charge is 0.328 e. The van der Waals surface area contributed by atoms with Crippen molar-refractivity contribution in [2.75, 3.05) is 0 Å². The Kier molecular flexibility index (Phi) is 2.85. The summed E-state index contributed by atoms with van der Waals surface area (Å²) in [5.41, 5.74) is 4.05. The van der Waals surface area contributed by atoms with Gasteiger partial charge in [-0.25, -0.2) is 4.79 Å². The van der Waals surface area contributed by atoms with Crippen molar-refractivity contribution in [1.29, 1.82) is 0 Å². The van der Waals surface area contributed by atoms with Crippen LogP contribution in [0.3, 0.4) is 0 Å². The van der Waals surface area contributed by atoms with Crippen LogP contribution < -0.4 is 0 Å². The minimum atomic E-state index is -0.992. The van der Waals surface area contributed by atoms with E-state index in [1.165, 1.54) is 6.08 Å². The molecule has 19 heavy (non-hydrogen) atoms. The Morgan fingerprint density at radius 3 is 2.58 bits per heavy atom. The van der Waals surface area contributed by atoms with E-state index in [4.69, 9.17) is 28.3 Å². The van der Waals surface area contributed by atoms with Crippen molar-refractivity contribution in [3.63, 3.8) is 0 Å². The van der Waals surface area contributed by atoms with Crippen LogP contribution in [0.5, 0.6) is 0 Å². The Balaban J connectivity index is 2.39. The maximum Gasteiger partial charge on any atom is 0.328 e. The summed E-state index contributed by atoms with van der Waals surface area (Å²) in [6.07, 6.45) is 1.19. The molecule has 0 bridgehead atoms. The molecule has 4 heteroatoms. The minimum Gasteiger partial charge on any atom is -0.478 e. The normalized spacial score (nSPS) is 14.3. The Morgan fingerprint density at radius 2 is 1.84 bits per heavy atom. The number of carbonyl (C=O) groups is 1. The first-order valence-electron chi connectivity index (χ1n) is 5.62. The van der Waals surface area contributed by atoms with Crippen LogP contribution in [0, 0.1) is 0 Å². The lowest BCUT2D eigenvalue weighted by molar-refractivity contribution is -0.131. The summed E-state index contributed by atoms with van der Waals surface area (Å²) in [5.74, 6) is -0.992. The zero-order valence-corrected chi connectivity index (χ0v) is 11.2. The molecule has 3 rings (SSSR count). The molecule has 1 aliphatic rings. The van der Waals surface area contributed by atoms with Crippen molar-refractivity contribution in [1.82, 2.24) is 0 Å². The van der Waals surface area contributed by atoms with E-state index in [1.54, 1.807) is 18.2 Å². The number of carboxylic acids is 1. The van der Waals surface area contributed by atoms with E-state index in [2.05, 4.69) is 0 Å². The standard InChI is InChI=1S/C15H8Cl2O2/c16-8-4-5-10-11(6-8)12(7-14(18)19)9-2-1-3-13(17)15(9)10/h1-7H,(H,18,19)/b12-7-. The van der Waals surface area contributed by atoms with E-state index in [-0.39, 0.29) is 0 Å². The lowest BCUT2D eigenvalue weighted by atomic mass is 10.0. The molecule has 0 saturated heterocycles. The lowest BCUT2D eigenvalue weighted by Gasteiger charge is -2.02. The van der Waals surface area contributed by atoms with Crippen LogP contribution in [0.25, 0.3) is 16.7 Å². The molecule has 2 aromatic rings. The molecule has 1 aliphatic carbocycles. The fourth-order valence-electron chi connectivity index (χ4n) is 2.40. The molecule has 0 saturated carbocycles. The van der Waals surface area contributed by atoms with Crippen LogP contribution in [-0.2, 0) is 4.79 Å². The van der Waals surface area contributed by atoms with E-state index < -0.39 is 5.97 Å². The number of benzene rings is 2. The largest absolute Gasteiger partial charge is 0.478 e. The fraction of sp³-hybridized carbons (Fsp3) is 0. The lowest BCUT2D eigenvalue weighted by Crippen LogP contribution is -1.91. The third-order valence-corrected chi connectivity index (χ3v) is 3.66. The number of fused-ring (bicyclic) bond motifs is 3. The molecule has 0 spiro atoms. The third kappa shape index (κ3) is 1.93. The molecular formula is C15H8Cl2O2. The van der Waals surface area contributed by atoms with Crippen LogP contribution in [0.1, 0.15) is 11.1 Å². The molecule has 2 nitrogen and oxygen atoms in total. The maximum atomic E-state index is 11.0. The van der Waals surface area contributed by atoms with Gasteiger partial charge in [0.2, 0.25) is 0 Å². The Morgan fingerprint density at radius 1 is 1.05 bits per heavy atom. The second-order valence-corrected chi connectivity index (χ2v) is 5.09. The molecule has 94 valence electrons. The fourth-order valence-corrected chi connectivity index (χ4v) is 2.85. The molecule has 2 aromatic carbocycles. The van der Waals surface area contributed by atoms with Gasteiger partial charge in [0.05, 0.1) is 0 Å². The van der Waals surface area contributed by atoms with Crippen molar-refractivity contribution < 1.29 is 9.90 Å². The molecular weight excluding hydrogens is 283 g/mol. The van der Waals surface area contributed by atoms with Gasteiger partial charge in [-0.05, 0) is 40.5 Å². The molecule has 0 aliphatic heterocycles. The van der Waals surface area contributed by atoms with Gasteiger partial charge in [0.25, 0.3) is 0 Å². The second-order valence-electron chi connectivity index (χ2n) is 4.25. The highest BCUT2D eigenvalue weighted by Gasteiger charge is 2.26. The predicted octanol–water partition coefficient (Wildman–Crippen LogP) is 4.49. The molecule has 0 amide bonds. The number of carboxylic acid groups (broad SMARTS) is 1. The predicted molar refractivity (Wildman–Crippen MR) is 76.6 cm³/mol. The SMILES string of the molecule is O=C(O)/C=C1\c2cc(Cl)ccc2-c2c(Cl)cccc21. The first-order chi connectivity index (χ1) is 9.08. The van der Waals surface area contributed by atoms with E-state index >= 15 is 0 Å². The van der Waals surface area contributed by atoms with Crippen LogP contribution in [0.4, 0.5) is 0 Å². The number of halogens is 2. The molecule has 0 atom stereocenters. The zero-order chi connectivity index (χ0) is 13.6. The monoisotopic (exact) mass is 290 g/mol. The summed E-state index contributed by atoms with van der Waals surface area (Å²) in [4.78, 5) is 11.0. The summed E-state index contributed by atoms with van der Waals surface area (Å²) in [5, 5.41) is 10.2. The average Bonchev–Trinajstić information content (AvgIpc) is 2.64. The van der Waals surface area contributed by atoms with E-state index in [1.807, 2.05) is 18.2 Å². The van der Waals surface area contributed by atoms with Gasteiger partial charge in [-0.1, -0.05) is 41.4 Å². The van der Waals surface area contributed by atoms with Crippen molar-refractivity contribution in [3.8, 4) is 11.1 Å². The van der Waals surface area contributed by atoms with Gasteiger partial charge in [0.1, 0.15) is 0 Å². The number of rotatable bonds is 1. The van der Waals surface area contributed by atoms with Gasteiger partial charge in [0.15, 0.2) is 0 Å². The topological polar surface area (TPSA) is 37.3 Å². The first-order valence-corrected chi connectivity index (χ1v) is 6.37. The highest BCUT2D eigenvalue weighted by Crippen LogP contribution is 2.47. The van der Waals surface area contributed by atoms with E-state index in [0.29, 0.717) is 15.6 Å². The third-order valence-electron chi connectivity index (χ3n) is 3.11. The number of aliphatic carboxylic acids is 1. The highest BCUT2D eigenvalue weighted by atomic mass is 35.5. The molecule has 0 heterocycles. The van der Waals surface area contributed by atoms with Crippen molar-refractivity contribution >= 4 is 34.7 Å². The highest BCUT2D eigenvalue weighted by molar-refractivity contribution is 6.35.